The van der Waals surface area contributed by atoms with E-state index in [2.05, 4.69) is 10.3 Å². The van der Waals surface area contributed by atoms with Crippen molar-refractivity contribution < 1.29 is 14.3 Å². The fraction of sp³-hybridized carbons (Fsp3) is 0.0435. The van der Waals surface area contributed by atoms with Gasteiger partial charge in [0.1, 0.15) is 11.5 Å². The van der Waals surface area contributed by atoms with E-state index in [0.29, 0.717) is 28.4 Å². The van der Waals surface area contributed by atoms with E-state index in [9.17, 15) is 9.59 Å². The number of fused-ring (bicyclic) bond motifs is 1. The van der Waals surface area contributed by atoms with E-state index < -0.39 is 11.7 Å². The zero-order valence-corrected chi connectivity index (χ0v) is 15.2. The maximum Gasteiger partial charge on any atom is 0.296 e. The first-order valence-electron chi connectivity index (χ1n) is 8.88. The summed E-state index contributed by atoms with van der Waals surface area (Å²) in [6.45, 7) is 1.79. The first-order chi connectivity index (χ1) is 13.6. The Kier molecular flexibility index (Phi) is 4.64. The summed E-state index contributed by atoms with van der Waals surface area (Å²) in [5.74, 6) is -0.00904. The van der Waals surface area contributed by atoms with Crippen molar-refractivity contribution in [3.8, 4) is 11.5 Å². The van der Waals surface area contributed by atoms with Crippen molar-refractivity contribution in [1.82, 2.24) is 4.98 Å². The number of hydrogen-bond acceptors (Lipinski definition) is 3. The number of aryl methyl sites for hydroxylation is 1. The van der Waals surface area contributed by atoms with Gasteiger partial charge in [-0.3, -0.25) is 9.59 Å². The highest BCUT2D eigenvalue weighted by Crippen LogP contribution is 2.25. The van der Waals surface area contributed by atoms with E-state index in [1.54, 1.807) is 31.2 Å². The van der Waals surface area contributed by atoms with Crippen molar-refractivity contribution in [3.63, 3.8) is 0 Å². The third-order valence-electron chi connectivity index (χ3n) is 4.40. The molecule has 0 fully saturated rings. The molecule has 28 heavy (non-hydrogen) atoms. The number of carbonyl (C=O) groups is 2. The number of rotatable bonds is 5. The largest absolute Gasteiger partial charge is 0.457 e. The number of aromatic amines is 1. The van der Waals surface area contributed by atoms with Crippen LogP contribution in [0.4, 0.5) is 5.69 Å². The molecule has 0 radical (unpaired) electrons. The Morgan fingerprint density at radius 1 is 0.857 bits per heavy atom. The van der Waals surface area contributed by atoms with Crippen LogP contribution in [0, 0.1) is 6.92 Å². The van der Waals surface area contributed by atoms with E-state index in [1.807, 2.05) is 54.6 Å². The third kappa shape index (κ3) is 3.50. The van der Waals surface area contributed by atoms with Crippen LogP contribution in [0.1, 0.15) is 16.1 Å². The Balaban J connectivity index is 1.54. The second-order valence-electron chi connectivity index (χ2n) is 6.40. The van der Waals surface area contributed by atoms with E-state index >= 15 is 0 Å². The van der Waals surface area contributed by atoms with Gasteiger partial charge in [-0.25, -0.2) is 0 Å². The van der Waals surface area contributed by atoms with Gasteiger partial charge in [0.25, 0.3) is 11.7 Å². The molecule has 4 rings (SSSR count). The smallest absolute Gasteiger partial charge is 0.296 e. The number of ketones is 1. The Bertz CT molecular complexity index is 1160. The Hall–Kier alpha value is -3.86. The Morgan fingerprint density at radius 2 is 1.57 bits per heavy atom. The van der Waals surface area contributed by atoms with Gasteiger partial charge in [0.2, 0.25) is 0 Å². The maximum absolute atomic E-state index is 12.8. The molecular weight excluding hydrogens is 352 g/mol. The molecular formula is C23H18N2O3. The number of H-pyrrole nitrogens is 1. The lowest BCUT2D eigenvalue weighted by Crippen LogP contribution is -2.23. The molecule has 1 heterocycles. The molecule has 0 saturated carbocycles. The van der Waals surface area contributed by atoms with Crippen molar-refractivity contribution in [2.45, 2.75) is 6.92 Å². The average Bonchev–Trinajstić information content (AvgIpc) is 3.04. The van der Waals surface area contributed by atoms with Crippen molar-refractivity contribution in [1.29, 1.82) is 0 Å². The third-order valence-corrected chi connectivity index (χ3v) is 4.40. The fourth-order valence-corrected chi connectivity index (χ4v) is 3.13. The SMILES string of the molecule is Cc1[nH]c2ccccc2c1C(=O)C(=O)Nc1cccc(Oc2ccccc2)c1. The van der Waals surface area contributed by atoms with Crippen LogP contribution in [-0.2, 0) is 4.79 Å². The van der Waals surface area contributed by atoms with Gasteiger partial charge in [-0.2, -0.15) is 0 Å². The van der Waals surface area contributed by atoms with E-state index in [-0.39, 0.29) is 0 Å². The van der Waals surface area contributed by atoms with Crippen LogP contribution in [0.3, 0.4) is 0 Å². The predicted octanol–water partition coefficient (Wildman–Crippen LogP) is 5.09. The summed E-state index contributed by atoms with van der Waals surface area (Å²) in [6.07, 6.45) is 0. The van der Waals surface area contributed by atoms with Crippen LogP contribution in [0.25, 0.3) is 10.9 Å². The monoisotopic (exact) mass is 370 g/mol. The second kappa shape index (κ2) is 7.40. The number of amides is 1. The molecule has 1 amide bonds. The number of Topliss-reactive ketones (excluding diaryl/α,β-unsaturated/α-hetero) is 1. The normalized spacial score (nSPS) is 10.6. The molecule has 0 aliphatic heterocycles. The van der Waals surface area contributed by atoms with Gasteiger partial charge >= 0.3 is 0 Å². The molecule has 0 atom stereocenters. The number of ether oxygens (including phenoxy) is 1. The van der Waals surface area contributed by atoms with Gasteiger partial charge in [0.05, 0.1) is 5.56 Å². The molecule has 0 unspecified atom stereocenters. The molecule has 2 N–H and O–H groups in total. The van der Waals surface area contributed by atoms with Crippen LogP contribution in [0.2, 0.25) is 0 Å². The van der Waals surface area contributed by atoms with Gasteiger partial charge in [0, 0.05) is 28.4 Å². The lowest BCUT2D eigenvalue weighted by atomic mass is 10.1. The molecule has 0 saturated heterocycles. The first kappa shape index (κ1) is 17.5. The summed E-state index contributed by atoms with van der Waals surface area (Å²) in [7, 11) is 0. The van der Waals surface area contributed by atoms with Gasteiger partial charge in [0.15, 0.2) is 0 Å². The minimum atomic E-state index is -0.690. The Labute approximate surface area is 162 Å². The van der Waals surface area contributed by atoms with Crippen LogP contribution < -0.4 is 10.1 Å². The molecule has 4 aromatic rings. The number of carbonyl (C=O) groups excluding carboxylic acids is 2. The van der Waals surface area contributed by atoms with Gasteiger partial charge in [-0.1, -0.05) is 42.5 Å². The molecule has 5 nitrogen and oxygen atoms in total. The quantitative estimate of drug-likeness (QED) is 0.380. The molecule has 0 spiro atoms. The lowest BCUT2D eigenvalue weighted by molar-refractivity contribution is -0.112. The molecule has 138 valence electrons. The minimum Gasteiger partial charge on any atom is -0.457 e. The highest BCUT2D eigenvalue weighted by molar-refractivity contribution is 6.48. The second-order valence-corrected chi connectivity index (χ2v) is 6.40. The van der Waals surface area contributed by atoms with Gasteiger partial charge < -0.3 is 15.0 Å². The summed E-state index contributed by atoms with van der Waals surface area (Å²) >= 11 is 0. The highest BCUT2D eigenvalue weighted by Gasteiger charge is 2.22. The summed E-state index contributed by atoms with van der Waals surface area (Å²) in [6, 6.07) is 23.7. The van der Waals surface area contributed by atoms with Crippen molar-refractivity contribution in [2.75, 3.05) is 5.32 Å². The van der Waals surface area contributed by atoms with E-state index in [0.717, 1.165) is 10.9 Å². The number of hydrogen-bond donors (Lipinski definition) is 2. The highest BCUT2D eigenvalue weighted by atomic mass is 16.5. The van der Waals surface area contributed by atoms with E-state index in [1.165, 1.54) is 0 Å². The lowest BCUT2D eigenvalue weighted by Gasteiger charge is -2.09. The number of para-hydroxylation sites is 2. The summed E-state index contributed by atoms with van der Waals surface area (Å²) < 4.78 is 5.77. The molecule has 0 aliphatic rings. The number of anilines is 1. The van der Waals surface area contributed by atoms with E-state index in [4.69, 9.17) is 4.74 Å². The number of aromatic nitrogens is 1. The van der Waals surface area contributed by atoms with Gasteiger partial charge in [-0.05, 0) is 37.3 Å². The topological polar surface area (TPSA) is 71.2 Å². The van der Waals surface area contributed by atoms with Crippen LogP contribution in [-0.4, -0.2) is 16.7 Å². The Morgan fingerprint density at radius 3 is 2.39 bits per heavy atom. The summed E-state index contributed by atoms with van der Waals surface area (Å²) in [5, 5.41) is 3.40. The average molecular weight is 370 g/mol. The van der Waals surface area contributed by atoms with Crippen LogP contribution in [0.5, 0.6) is 11.5 Å². The zero-order chi connectivity index (χ0) is 19.5. The summed E-state index contributed by atoms with van der Waals surface area (Å²) in [5.41, 5.74) is 2.38. The molecule has 0 aliphatic carbocycles. The number of benzene rings is 3. The standard InChI is InChI=1S/C23H18N2O3/c1-15-21(19-12-5-6-13-20(19)24-15)22(26)23(27)25-16-8-7-11-18(14-16)28-17-9-3-2-4-10-17/h2-14,24H,1H3,(H,25,27). The molecule has 1 aromatic heterocycles. The summed E-state index contributed by atoms with van der Waals surface area (Å²) in [4.78, 5) is 28.5. The predicted molar refractivity (Wildman–Crippen MR) is 109 cm³/mol. The first-order valence-corrected chi connectivity index (χ1v) is 8.88. The zero-order valence-electron chi connectivity index (χ0n) is 15.2. The van der Waals surface area contributed by atoms with Crippen molar-refractivity contribution in [2.24, 2.45) is 0 Å². The van der Waals surface area contributed by atoms with Crippen LogP contribution >= 0.6 is 0 Å². The molecule has 5 heteroatoms. The fourth-order valence-electron chi connectivity index (χ4n) is 3.13. The van der Waals surface area contributed by atoms with Crippen molar-refractivity contribution in [3.05, 3.63) is 90.1 Å². The van der Waals surface area contributed by atoms with Crippen molar-refractivity contribution >= 4 is 28.3 Å². The number of nitrogens with one attached hydrogen (secondary N) is 2. The minimum absolute atomic E-state index is 0.393. The molecule has 3 aromatic carbocycles. The molecule has 0 bridgehead atoms. The van der Waals surface area contributed by atoms with Gasteiger partial charge in [-0.15, -0.1) is 0 Å². The maximum atomic E-state index is 12.8. The van der Waals surface area contributed by atoms with Crippen LogP contribution in [0.15, 0.2) is 78.9 Å².